The fourth-order valence-corrected chi connectivity index (χ4v) is 1.43. The summed E-state index contributed by atoms with van der Waals surface area (Å²) in [6.07, 6.45) is 17.6. The molecule has 1 aliphatic rings. The summed E-state index contributed by atoms with van der Waals surface area (Å²) < 4.78 is 0. The Labute approximate surface area is 118 Å². The van der Waals surface area contributed by atoms with Gasteiger partial charge in [0.1, 0.15) is 0 Å². The molecule has 1 saturated carbocycles. The zero-order chi connectivity index (χ0) is 14.9. The van der Waals surface area contributed by atoms with Gasteiger partial charge in [-0.25, -0.2) is 0 Å². The predicted molar refractivity (Wildman–Crippen MR) is 85.1 cm³/mol. The fraction of sp³-hybridized carbons (Fsp3) is 0.471. The number of allylic oxidation sites excluding steroid dienone is 1. The Morgan fingerprint density at radius 2 is 1.68 bits per heavy atom. The lowest BCUT2D eigenvalue weighted by Gasteiger charge is -2.10. The molecule has 2 nitrogen and oxygen atoms in total. The van der Waals surface area contributed by atoms with Gasteiger partial charge in [-0.1, -0.05) is 44.9 Å². The quantitative estimate of drug-likeness (QED) is 0.539. The van der Waals surface area contributed by atoms with Crippen LogP contribution >= 0.6 is 0 Å². The summed E-state index contributed by atoms with van der Waals surface area (Å²) in [6, 6.07) is 4.93. The van der Waals surface area contributed by atoms with Crippen molar-refractivity contribution in [2.75, 3.05) is 0 Å². The molecule has 2 heteroatoms. The Kier molecular flexibility index (Phi) is 16.8. The number of rotatable bonds is 0. The van der Waals surface area contributed by atoms with E-state index < -0.39 is 0 Å². The van der Waals surface area contributed by atoms with Crippen molar-refractivity contribution in [2.24, 2.45) is 0 Å². The van der Waals surface area contributed by atoms with Gasteiger partial charge in [0, 0.05) is 12.3 Å². The highest BCUT2D eigenvalue weighted by Crippen LogP contribution is 2.20. The van der Waals surface area contributed by atoms with Crippen LogP contribution in [-0.2, 0) is 0 Å². The Bertz CT molecular complexity index is 351. The first kappa shape index (κ1) is 19.6. The van der Waals surface area contributed by atoms with E-state index in [0.29, 0.717) is 0 Å². The highest BCUT2D eigenvalue weighted by Gasteiger charge is 2.00. The third-order valence-corrected chi connectivity index (χ3v) is 2.24. The predicted octanol–water partition coefficient (Wildman–Crippen LogP) is 4.55. The molecule has 19 heavy (non-hydrogen) atoms. The molecule has 0 saturated heterocycles. The van der Waals surface area contributed by atoms with Gasteiger partial charge in [0.05, 0.1) is 0 Å². The Balaban J connectivity index is 0. The van der Waals surface area contributed by atoms with E-state index in [2.05, 4.69) is 38.3 Å². The Hall–Kier alpha value is -1.75. The first-order chi connectivity index (χ1) is 9.20. The van der Waals surface area contributed by atoms with Crippen LogP contribution in [0.1, 0.15) is 52.4 Å². The molecule has 2 rings (SSSR count). The summed E-state index contributed by atoms with van der Waals surface area (Å²) in [5.41, 5.74) is 1.41. The maximum absolute atomic E-state index is 10.2. The fourth-order valence-electron chi connectivity index (χ4n) is 1.43. The molecule has 0 bridgehead atoms. The largest absolute Gasteiger partial charge is 0.329 e. The molecular weight excluding hydrogens is 234 g/mol. The summed E-state index contributed by atoms with van der Waals surface area (Å²) in [4.78, 5) is 12.7. The van der Waals surface area contributed by atoms with Crippen LogP contribution in [-0.4, -0.2) is 4.98 Å². The number of pyridine rings is 1. The van der Waals surface area contributed by atoms with E-state index in [9.17, 15) is 4.79 Å². The van der Waals surface area contributed by atoms with Gasteiger partial charge in [0.25, 0.3) is 0 Å². The maximum Gasteiger partial charge on any atom is 0.247 e. The zero-order valence-corrected chi connectivity index (χ0v) is 12.3. The van der Waals surface area contributed by atoms with Crippen molar-refractivity contribution >= 4 is 0 Å². The van der Waals surface area contributed by atoms with E-state index >= 15 is 0 Å². The second-order valence-electron chi connectivity index (χ2n) is 4.24. The maximum atomic E-state index is 10.2. The van der Waals surface area contributed by atoms with Crippen molar-refractivity contribution in [1.82, 2.24) is 4.98 Å². The summed E-state index contributed by atoms with van der Waals surface area (Å²) >= 11 is 0. The minimum Gasteiger partial charge on any atom is -0.329 e. The summed E-state index contributed by atoms with van der Waals surface area (Å²) in [5.74, 6) is 0. The number of H-pyrrole nitrogens is 1. The number of hydrogen-bond donors (Lipinski definition) is 1. The molecule has 0 amide bonds. The van der Waals surface area contributed by atoms with Crippen LogP contribution in [0.25, 0.3) is 0 Å². The van der Waals surface area contributed by atoms with Crippen molar-refractivity contribution in [2.45, 2.75) is 52.4 Å². The average molecular weight is 261 g/mol. The van der Waals surface area contributed by atoms with Crippen LogP contribution in [0.3, 0.4) is 0 Å². The molecule has 1 aromatic heterocycles. The van der Waals surface area contributed by atoms with Crippen LogP contribution in [0.15, 0.2) is 41.3 Å². The first-order valence-corrected chi connectivity index (χ1v) is 6.84. The van der Waals surface area contributed by atoms with E-state index in [1.807, 2.05) is 0 Å². The van der Waals surface area contributed by atoms with Crippen molar-refractivity contribution in [1.29, 1.82) is 0 Å². The lowest BCUT2D eigenvalue weighted by Crippen LogP contribution is -1.98. The van der Waals surface area contributed by atoms with Gasteiger partial charge in [0.15, 0.2) is 0 Å². The van der Waals surface area contributed by atoms with Gasteiger partial charge in [-0.2, -0.15) is 0 Å². The van der Waals surface area contributed by atoms with Gasteiger partial charge in [-0.15, -0.1) is 12.8 Å². The van der Waals surface area contributed by atoms with Crippen LogP contribution < -0.4 is 5.56 Å². The van der Waals surface area contributed by atoms with Gasteiger partial charge in [0.2, 0.25) is 5.56 Å². The van der Waals surface area contributed by atoms with Crippen LogP contribution in [0.2, 0.25) is 0 Å². The van der Waals surface area contributed by atoms with Crippen molar-refractivity contribution in [3.8, 4) is 12.8 Å². The average Bonchev–Trinajstić information content (AvgIpc) is 2.44. The monoisotopic (exact) mass is 261 g/mol. The van der Waals surface area contributed by atoms with Gasteiger partial charge >= 0.3 is 0 Å². The Morgan fingerprint density at radius 3 is 1.89 bits per heavy atom. The smallest absolute Gasteiger partial charge is 0.247 e. The molecule has 106 valence electrons. The van der Waals surface area contributed by atoms with Crippen molar-refractivity contribution in [3.05, 3.63) is 46.9 Å². The molecule has 0 unspecified atom stereocenters. The normalized spacial score (nSPS) is 12.5. The number of aromatic amines is 1. The van der Waals surface area contributed by atoms with Crippen LogP contribution in [0.4, 0.5) is 0 Å². The molecular formula is C17H27NO. The molecule has 0 radical (unpaired) electrons. The Morgan fingerprint density at radius 1 is 1.16 bits per heavy atom. The number of aromatic nitrogens is 1. The van der Waals surface area contributed by atoms with Crippen molar-refractivity contribution in [3.63, 3.8) is 0 Å². The number of nitrogens with one attached hydrogen (secondary N) is 1. The first-order valence-electron chi connectivity index (χ1n) is 6.84. The van der Waals surface area contributed by atoms with E-state index in [0.717, 1.165) is 0 Å². The second kappa shape index (κ2) is 16.2. The highest BCUT2D eigenvalue weighted by atomic mass is 16.1. The third-order valence-electron chi connectivity index (χ3n) is 2.24. The molecule has 0 spiro atoms. The minimum absolute atomic E-state index is 0.0532. The topological polar surface area (TPSA) is 32.9 Å². The summed E-state index contributed by atoms with van der Waals surface area (Å²) in [5, 5.41) is 0. The zero-order valence-electron chi connectivity index (χ0n) is 12.3. The third kappa shape index (κ3) is 16.2. The molecule has 1 aromatic rings. The summed E-state index contributed by atoms with van der Waals surface area (Å²) in [7, 11) is 0. The second-order valence-corrected chi connectivity index (χ2v) is 4.24. The van der Waals surface area contributed by atoms with E-state index in [1.165, 1.54) is 50.2 Å². The molecule has 1 aliphatic carbocycles. The lowest BCUT2D eigenvalue weighted by atomic mass is 9.97. The van der Waals surface area contributed by atoms with E-state index in [1.54, 1.807) is 18.3 Å². The van der Waals surface area contributed by atoms with Crippen LogP contribution in [0.5, 0.6) is 0 Å². The molecule has 0 aliphatic heterocycles. The molecule has 0 aromatic carbocycles. The SMILES string of the molecule is C#C.C=C1CCCCC1.CCC.O=c1cccc[nH]1. The molecule has 1 N–H and O–H groups in total. The van der Waals surface area contributed by atoms with Crippen LogP contribution in [0, 0.1) is 12.8 Å². The number of terminal acetylenes is 1. The number of hydrogen-bond acceptors (Lipinski definition) is 1. The van der Waals surface area contributed by atoms with Gasteiger partial charge in [-0.05, 0) is 31.7 Å². The molecule has 0 atom stereocenters. The molecule has 1 heterocycles. The van der Waals surface area contributed by atoms with E-state index in [-0.39, 0.29) is 5.56 Å². The highest BCUT2D eigenvalue weighted by molar-refractivity contribution is 4.95. The summed E-state index contributed by atoms with van der Waals surface area (Å²) in [6.45, 7) is 8.16. The van der Waals surface area contributed by atoms with E-state index in [4.69, 9.17) is 0 Å². The van der Waals surface area contributed by atoms with Gasteiger partial charge < -0.3 is 4.98 Å². The molecule has 1 fully saturated rings. The standard InChI is InChI=1S/C7H12.C5H5NO.C3H8.C2H2/c1-7-5-3-2-4-6-7;7-5-3-1-2-4-6-5;1-3-2;1-2/h1-6H2;1-4H,(H,6,7);3H2,1-2H3;1-2H. The van der Waals surface area contributed by atoms with Crippen molar-refractivity contribution < 1.29 is 0 Å². The lowest BCUT2D eigenvalue weighted by molar-refractivity contribution is 0.601. The minimum atomic E-state index is -0.0532. The van der Waals surface area contributed by atoms with Gasteiger partial charge in [-0.3, -0.25) is 4.79 Å².